The number of hydroxylamine groups is 1. The molecule has 3 aromatic rings. The van der Waals surface area contributed by atoms with Crippen LogP contribution in [0.3, 0.4) is 0 Å². The van der Waals surface area contributed by atoms with Gasteiger partial charge in [0.2, 0.25) is 0 Å². The maximum atomic E-state index is 13.0. The number of carbonyl (C=O) groups is 3. The van der Waals surface area contributed by atoms with Crippen LogP contribution in [0.2, 0.25) is 4.34 Å². The smallest absolute Gasteiger partial charge is 0.265 e. The minimum Gasteiger partial charge on any atom is -0.321 e. The molecule has 0 radical (unpaired) electrons. The number of carbonyl (C=O) groups excluding carboxylic acids is 3. The van der Waals surface area contributed by atoms with Gasteiger partial charge in [-0.15, -0.1) is 11.3 Å². The van der Waals surface area contributed by atoms with Gasteiger partial charge in [-0.3, -0.25) is 19.3 Å². The van der Waals surface area contributed by atoms with Crippen LogP contribution in [-0.4, -0.2) is 27.8 Å². The van der Waals surface area contributed by atoms with Crippen LogP contribution < -0.4 is 10.8 Å². The van der Waals surface area contributed by atoms with Gasteiger partial charge in [-0.1, -0.05) is 41.9 Å². The largest absolute Gasteiger partial charge is 0.321 e. The Bertz CT molecular complexity index is 1160. The number of benzene rings is 2. The predicted molar refractivity (Wildman–Crippen MR) is 113 cm³/mol. The van der Waals surface area contributed by atoms with Crippen molar-refractivity contribution >= 4 is 46.3 Å². The van der Waals surface area contributed by atoms with Gasteiger partial charge in [-0.25, -0.2) is 5.48 Å². The van der Waals surface area contributed by atoms with Crippen LogP contribution in [0.5, 0.6) is 0 Å². The summed E-state index contributed by atoms with van der Waals surface area (Å²) in [5.74, 6) is -1.29. The Hall–Kier alpha value is -3.04. The lowest BCUT2D eigenvalue weighted by Crippen LogP contribution is -2.29. The lowest BCUT2D eigenvalue weighted by Gasteiger charge is -2.15. The first-order valence-electron chi connectivity index (χ1n) is 8.98. The second-order valence-corrected chi connectivity index (χ2v) is 8.35. The second kappa shape index (κ2) is 8.37. The molecule has 30 heavy (non-hydrogen) atoms. The molecule has 0 aliphatic carbocycles. The monoisotopic (exact) mass is 441 g/mol. The fourth-order valence-electron chi connectivity index (χ4n) is 3.31. The number of nitrogens with zero attached hydrogens (tertiary/aromatic N) is 1. The van der Waals surface area contributed by atoms with Gasteiger partial charge in [0.05, 0.1) is 32.6 Å². The van der Waals surface area contributed by atoms with Crippen molar-refractivity contribution in [3.8, 4) is 0 Å². The molecule has 2 heterocycles. The molecule has 4 rings (SSSR count). The van der Waals surface area contributed by atoms with Crippen molar-refractivity contribution in [3.63, 3.8) is 0 Å². The van der Waals surface area contributed by atoms with Crippen molar-refractivity contribution in [3.05, 3.63) is 86.1 Å². The number of anilines is 1. The van der Waals surface area contributed by atoms with E-state index in [1.165, 1.54) is 0 Å². The molecular formula is C21H16ClN3O4S. The molecule has 9 heteroatoms. The molecule has 2 aromatic carbocycles. The number of hydrogen-bond acceptors (Lipinski definition) is 6. The van der Waals surface area contributed by atoms with E-state index in [4.69, 9.17) is 16.8 Å². The van der Waals surface area contributed by atoms with Crippen LogP contribution in [0.25, 0.3) is 0 Å². The van der Waals surface area contributed by atoms with Gasteiger partial charge in [0, 0.05) is 6.54 Å². The number of nitrogens with one attached hydrogen (secondary N) is 2. The normalized spacial score (nSPS) is 12.9. The van der Waals surface area contributed by atoms with E-state index in [2.05, 4.69) is 10.8 Å². The minimum absolute atomic E-state index is 0.0829. The average molecular weight is 442 g/mol. The van der Waals surface area contributed by atoms with Crippen molar-refractivity contribution in [1.29, 1.82) is 0 Å². The molecule has 3 N–H and O–H groups in total. The highest BCUT2D eigenvalue weighted by molar-refractivity contribution is 7.18. The van der Waals surface area contributed by atoms with E-state index < -0.39 is 17.7 Å². The Kier molecular flexibility index (Phi) is 5.65. The summed E-state index contributed by atoms with van der Waals surface area (Å²) in [7, 11) is 0. The molecule has 0 atom stereocenters. The molecule has 0 unspecified atom stereocenters. The van der Waals surface area contributed by atoms with E-state index in [1.54, 1.807) is 48.5 Å². The number of hydrogen-bond donors (Lipinski definition) is 3. The highest BCUT2D eigenvalue weighted by Crippen LogP contribution is 2.31. The summed E-state index contributed by atoms with van der Waals surface area (Å²) in [5, 5.41) is 11.6. The topological polar surface area (TPSA) is 98.7 Å². The first-order chi connectivity index (χ1) is 14.5. The van der Waals surface area contributed by atoms with Gasteiger partial charge in [-0.2, -0.15) is 0 Å². The maximum Gasteiger partial charge on any atom is 0.265 e. The number of halogens is 1. The third-order valence-corrected chi connectivity index (χ3v) is 5.89. The molecule has 3 amide bonds. The van der Waals surface area contributed by atoms with Crippen LogP contribution in [0, 0.1) is 0 Å². The Balaban J connectivity index is 1.59. The van der Waals surface area contributed by atoms with E-state index in [1.807, 2.05) is 6.07 Å². The zero-order valence-corrected chi connectivity index (χ0v) is 17.1. The Morgan fingerprint density at radius 1 is 1.03 bits per heavy atom. The second-order valence-electron chi connectivity index (χ2n) is 6.64. The minimum atomic E-state index is -0.471. The third-order valence-electron chi connectivity index (χ3n) is 4.66. The SMILES string of the molecule is O=C(Nc1cccc2c1C(=O)N(Cc1cccc(CNO)c1)C2=O)c1ccc(Cl)s1. The molecule has 152 valence electrons. The maximum absolute atomic E-state index is 13.0. The average Bonchev–Trinajstić information content (AvgIpc) is 3.27. The van der Waals surface area contributed by atoms with E-state index in [0.717, 1.165) is 27.4 Å². The fourth-order valence-corrected chi connectivity index (χ4v) is 4.25. The van der Waals surface area contributed by atoms with Crippen LogP contribution in [0.4, 0.5) is 5.69 Å². The molecule has 0 bridgehead atoms. The summed E-state index contributed by atoms with van der Waals surface area (Å²) >= 11 is 7.01. The highest BCUT2D eigenvalue weighted by Gasteiger charge is 2.37. The molecule has 1 aromatic heterocycles. The van der Waals surface area contributed by atoms with E-state index >= 15 is 0 Å². The van der Waals surface area contributed by atoms with Crippen LogP contribution in [-0.2, 0) is 13.1 Å². The summed E-state index contributed by atoms with van der Waals surface area (Å²) in [6.07, 6.45) is 0. The lowest BCUT2D eigenvalue weighted by molar-refractivity contribution is 0.0642. The van der Waals surface area contributed by atoms with Gasteiger partial charge in [0.25, 0.3) is 17.7 Å². The zero-order valence-electron chi connectivity index (χ0n) is 15.5. The van der Waals surface area contributed by atoms with Crippen molar-refractivity contribution in [2.45, 2.75) is 13.1 Å². The summed E-state index contributed by atoms with van der Waals surface area (Å²) < 4.78 is 0.481. The number of rotatable bonds is 6. The fraction of sp³-hybridized carbons (Fsp3) is 0.0952. The van der Waals surface area contributed by atoms with Crippen LogP contribution >= 0.6 is 22.9 Å². The molecule has 0 saturated carbocycles. The van der Waals surface area contributed by atoms with Crippen LogP contribution in [0.1, 0.15) is 41.5 Å². The van der Waals surface area contributed by atoms with Gasteiger partial charge >= 0.3 is 0 Å². The summed E-state index contributed by atoms with van der Waals surface area (Å²) in [6.45, 7) is 0.332. The van der Waals surface area contributed by atoms with Crippen molar-refractivity contribution in [1.82, 2.24) is 10.4 Å². The molecule has 0 saturated heterocycles. The van der Waals surface area contributed by atoms with E-state index in [-0.39, 0.29) is 29.9 Å². The molecule has 7 nitrogen and oxygen atoms in total. The first-order valence-corrected chi connectivity index (χ1v) is 10.2. The molecule has 1 aliphatic heterocycles. The summed E-state index contributed by atoms with van der Waals surface area (Å²) in [5.41, 5.74) is 4.34. The van der Waals surface area contributed by atoms with Crippen molar-refractivity contribution in [2.24, 2.45) is 0 Å². The number of thiophene rings is 1. The highest BCUT2D eigenvalue weighted by atomic mass is 35.5. The molecule has 1 aliphatic rings. The lowest BCUT2D eigenvalue weighted by atomic mass is 10.1. The first kappa shape index (κ1) is 20.2. The van der Waals surface area contributed by atoms with E-state index in [0.29, 0.717) is 9.21 Å². The number of amides is 3. The van der Waals surface area contributed by atoms with E-state index in [9.17, 15) is 14.4 Å². The predicted octanol–water partition coefficient (Wildman–Crippen LogP) is 3.93. The van der Waals surface area contributed by atoms with Crippen molar-refractivity contribution in [2.75, 3.05) is 5.32 Å². The van der Waals surface area contributed by atoms with Crippen molar-refractivity contribution < 1.29 is 19.6 Å². The number of imide groups is 1. The quantitative estimate of drug-likeness (QED) is 0.397. The summed E-state index contributed by atoms with van der Waals surface area (Å²) in [6, 6.07) is 15.2. The molecule has 0 spiro atoms. The van der Waals surface area contributed by atoms with Gasteiger partial charge in [-0.05, 0) is 35.4 Å². The standard InChI is InChI=1S/C21H16ClN3O4S/c22-17-8-7-16(30-17)19(26)24-15-6-2-5-14-18(15)21(28)25(20(14)27)11-13-4-1-3-12(9-13)10-23-29/h1-9,23,29H,10-11H2,(H,24,26). The van der Waals surface area contributed by atoms with Crippen LogP contribution in [0.15, 0.2) is 54.6 Å². The van der Waals surface area contributed by atoms with Gasteiger partial charge < -0.3 is 10.5 Å². The summed E-state index contributed by atoms with van der Waals surface area (Å²) in [4.78, 5) is 39.9. The van der Waals surface area contributed by atoms with Gasteiger partial charge in [0.1, 0.15) is 0 Å². The van der Waals surface area contributed by atoms with Gasteiger partial charge in [0.15, 0.2) is 0 Å². The molecular weight excluding hydrogens is 426 g/mol. The Morgan fingerprint density at radius 2 is 1.80 bits per heavy atom. The zero-order chi connectivity index (χ0) is 21.3. The third kappa shape index (κ3) is 3.86. The Labute approximate surface area is 180 Å². The molecule has 0 fully saturated rings. The number of fused-ring (bicyclic) bond motifs is 1. The Morgan fingerprint density at radius 3 is 2.53 bits per heavy atom.